The van der Waals surface area contributed by atoms with Crippen molar-refractivity contribution in [3.8, 4) is 5.75 Å². The van der Waals surface area contributed by atoms with Crippen LogP contribution < -0.4 is 15.8 Å². The van der Waals surface area contributed by atoms with E-state index in [-0.39, 0.29) is 5.78 Å². The summed E-state index contributed by atoms with van der Waals surface area (Å²) in [7, 11) is 1.71. The third kappa shape index (κ3) is 5.11. The number of nitrogens with two attached hydrogens (primary N) is 1. The Bertz CT molecular complexity index is 1210. The van der Waals surface area contributed by atoms with Crippen LogP contribution in [0, 0.1) is 6.92 Å². The number of nitrogens with one attached hydrogen (secondary N) is 1. The number of Topliss-reactive ketones (excluding diaryl/α,β-unsaturated/α-hetero) is 1. The van der Waals surface area contributed by atoms with Crippen LogP contribution in [0.3, 0.4) is 0 Å². The van der Waals surface area contributed by atoms with E-state index in [0.717, 1.165) is 46.9 Å². The van der Waals surface area contributed by atoms with Gasteiger partial charge >= 0.3 is 0 Å². The average Bonchev–Trinajstić information content (AvgIpc) is 3.15. The molecule has 0 spiro atoms. The van der Waals surface area contributed by atoms with Crippen molar-refractivity contribution in [2.75, 3.05) is 12.4 Å². The summed E-state index contributed by atoms with van der Waals surface area (Å²) >= 11 is 0. The first-order valence-corrected chi connectivity index (χ1v) is 12.3. The molecule has 0 bridgehead atoms. The summed E-state index contributed by atoms with van der Waals surface area (Å²) in [4.78, 5) is 17.2. The molecule has 0 aliphatic heterocycles. The molecule has 3 N–H and O–H groups in total. The lowest BCUT2D eigenvalue weighted by atomic mass is 9.95. The lowest BCUT2D eigenvalue weighted by molar-refractivity contribution is -0.111. The molecule has 1 saturated carbocycles. The molecule has 1 aliphatic rings. The number of anilines is 1. The van der Waals surface area contributed by atoms with E-state index >= 15 is 0 Å². The van der Waals surface area contributed by atoms with Crippen molar-refractivity contribution in [2.24, 2.45) is 5.73 Å². The largest absolute Gasteiger partial charge is 0.496 e. The van der Waals surface area contributed by atoms with E-state index in [2.05, 4.69) is 34.8 Å². The number of ether oxygens (including phenoxy) is 1. The van der Waals surface area contributed by atoms with E-state index in [1.54, 1.807) is 21.0 Å². The zero-order valence-corrected chi connectivity index (χ0v) is 20.8. The van der Waals surface area contributed by atoms with Crippen molar-refractivity contribution < 1.29 is 9.53 Å². The quantitative estimate of drug-likeness (QED) is 0.436. The standard InChI is InChI=1S/C28H36N4O2/c1-18-10-11-21(16-25(18)34-4)12-13-24-28(30-23-8-6-5-7-9-23)32-15-14-22(17-26(32)31-24)27(19(2)29)20(3)33/h10-11,14-17,23,30H,5-9,12-13,29H2,1-4H3. The monoisotopic (exact) mass is 460 g/mol. The smallest absolute Gasteiger partial charge is 0.162 e. The Kier molecular flexibility index (Phi) is 7.25. The van der Waals surface area contributed by atoms with Gasteiger partial charge in [0, 0.05) is 23.5 Å². The molecule has 6 nitrogen and oxygen atoms in total. The summed E-state index contributed by atoms with van der Waals surface area (Å²) in [6, 6.07) is 10.8. The predicted octanol–water partition coefficient (Wildman–Crippen LogP) is 5.46. The van der Waals surface area contributed by atoms with Crippen LogP contribution in [-0.2, 0) is 17.6 Å². The number of hydrogen-bond donors (Lipinski definition) is 2. The van der Waals surface area contributed by atoms with Crippen LogP contribution in [0.4, 0.5) is 5.82 Å². The number of methoxy groups -OCH3 is 1. The zero-order chi connectivity index (χ0) is 24.2. The topological polar surface area (TPSA) is 81.6 Å². The highest BCUT2D eigenvalue weighted by Crippen LogP contribution is 2.28. The van der Waals surface area contributed by atoms with Crippen molar-refractivity contribution in [1.82, 2.24) is 9.38 Å². The van der Waals surface area contributed by atoms with Gasteiger partial charge in [-0.15, -0.1) is 0 Å². The van der Waals surface area contributed by atoms with Crippen LogP contribution in [0.15, 0.2) is 42.2 Å². The van der Waals surface area contributed by atoms with Crippen molar-refractivity contribution in [1.29, 1.82) is 0 Å². The third-order valence-electron chi connectivity index (χ3n) is 6.80. The number of nitrogens with zero attached hydrogens (tertiary/aromatic N) is 2. The Balaban J connectivity index is 1.69. The fourth-order valence-electron chi connectivity index (χ4n) is 5.01. The summed E-state index contributed by atoms with van der Waals surface area (Å²) in [6.45, 7) is 5.38. The first kappa shape index (κ1) is 23.9. The number of fused-ring (bicyclic) bond motifs is 1. The molecule has 0 radical (unpaired) electrons. The van der Waals surface area contributed by atoms with Crippen molar-refractivity contribution in [3.05, 3.63) is 64.6 Å². The Labute approximate surface area is 202 Å². The first-order valence-electron chi connectivity index (χ1n) is 12.3. The number of ketones is 1. The molecular formula is C28H36N4O2. The molecule has 2 heterocycles. The summed E-state index contributed by atoms with van der Waals surface area (Å²) in [5, 5.41) is 3.81. The van der Waals surface area contributed by atoms with Crippen molar-refractivity contribution in [2.45, 2.75) is 71.8 Å². The SMILES string of the molecule is COc1cc(CCc2nc3cc(C(C(C)=O)=C(C)N)ccn3c2NC2CCCCC2)ccc1C. The second-order valence-corrected chi connectivity index (χ2v) is 9.45. The van der Waals surface area contributed by atoms with Gasteiger partial charge in [-0.1, -0.05) is 31.4 Å². The Morgan fingerprint density at radius 1 is 1.15 bits per heavy atom. The molecule has 0 saturated heterocycles. The third-order valence-corrected chi connectivity index (χ3v) is 6.80. The highest BCUT2D eigenvalue weighted by atomic mass is 16.5. The number of pyridine rings is 1. The van der Waals surface area contributed by atoms with Gasteiger partial charge in [0.15, 0.2) is 5.78 Å². The highest BCUT2D eigenvalue weighted by molar-refractivity contribution is 6.20. The summed E-state index contributed by atoms with van der Waals surface area (Å²) < 4.78 is 7.63. The Morgan fingerprint density at radius 2 is 1.91 bits per heavy atom. The molecule has 3 aromatic rings. The number of carbonyl (C=O) groups is 1. The number of rotatable bonds is 8. The number of aryl methyl sites for hydroxylation is 3. The number of hydrogen-bond acceptors (Lipinski definition) is 5. The molecule has 6 heteroatoms. The van der Waals surface area contributed by atoms with Gasteiger partial charge in [-0.25, -0.2) is 4.98 Å². The Hall–Kier alpha value is -3.28. The van der Waals surface area contributed by atoms with Crippen LogP contribution in [0.1, 0.15) is 68.3 Å². The molecule has 4 rings (SSSR count). The van der Waals surface area contributed by atoms with Gasteiger partial charge in [-0.2, -0.15) is 0 Å². The molecule has 180 valence electrons. The van der Waals surface area contributed by atoms with E-state index in [9.17, 15) is 4.79 Å². The zero-order valence-electron chi connectivity index (χ0n) is 20.8. The number of allylic oxidation sites excluding steroid dienone is 2. The van der Waals surface area contributed by atoms with Gasteiger partial charge in [0.05, 0.1) is 12.8 Å². The predicted molar refractivity (Wildman–Crippen MR) is 138 cm³/mol. The average molecular weight is 461 g/mol. The number of aromatic nitrogens is 2. The number of benzene rings is 1. The van der Waals surface area contributed by atoms with E-state index in [4.69, 9.17) is 15.5 Å². The lowest BCUT2D eigenvalue weighted by Gasteiger charge is -2.24. The molecule has 1 aromatic carbocycles. The normalized spacial score (nSPS) is 15.3. The van der Waals surface area contributed by atoms with E-state index in [1.165, 1.54) is 37.7 Å². The van der Waals surface area contributed by atoms with E-state index in [0.29, 0.717) is 17.3 Å². The highest BCUT2D eigenvalue weighted by Gasteiger charge is 2.20. The molecule has 2 aromatic heterocycles. The van der Waals surface area contributed by atoms with E-state index < -0.39 is 0 Å². The lowest BCUT2D eigenvalue weighted by Crippen LogP contribution is -2.23. The Morgan fingerprint density at radius 3 is 2.59 bits per heavy atom. The summed E-state index contributed by atoms with van der Waals surface area (Å²) in [5.74, 6) is 1.94. The minimum Gasteiger partial charge on any atom is -0.496 e. The number of carbonyl (C=O) groups excluding carboxylic acids is 1. The van der Waals surface area contributed by atoms with Crippen LogP contribution in [-0.4, -0.2) is 28.3 Å². The van der Waals surface area contributed by atoms with Crippen LogP contribution in [0.2, 0.25) is 0 Å². The molecule has 34 heavy (non-hydrogen) atoms. The molecule has 1 aliphatic carbocycles. The maximum Gasteiger partial charge on any atom is 0.162 e. The fourth-order valence-corrected chi connectivity index (χ4v) is 5.01. The molecule has 0 amide bonds. The van der Waals surface area contributed by atoms with Crippen LogP contribution in [0.25, 0.3) is 11.2 Å². The maximum atomic E-state index is 12.2. The van der Waals surface area contributed by atoms with Gasteiger partial charge < -0.3 is 15.8 Å². The minimum absolute atomic E-state index is 0.0370. The van der Waals surface area contributed by atoms with Gasteiger partial charge in [-0.05, 0) is 81.3 Å². The molecule has 0 unspecified atom stereocenters. The summed E-state index contributed by atoms with van der Waals surface area (Å²) in [5.41, 5.74) is 12.1. The van der Waals surface area contributed by atoms with Gasteiger partial charge in [-0.3, -0.25) is 9.20 Å². The molecular weight excluding hydrogens is 424 g/mol. The second kappa shape index (κ2) is 10.3. The van der Waals surface area contributed by atoms with Gasteiger partial charge in [0.2, 0.25) is 0 Å². The minimum atomic E-state index is -0.0370. The van der Waals surface area contributed by atoms with Gasteiger partial charge in [0.25, 0.3) is 0 Å². The van der Waals surface area contributed by atoms with Crippen molar-refractivity contribution in [3.63, 3.8) is 0 Å². The maximum absolute atomic E-state index is 12.2. The number of imidazole rings is 1. The summed E-state index contributed by atoms with van der Waals surface area (Å²) in [6.07, 6.45) is 9.89. The fraction of sp³-hybridized carbons (Fsp3) is 0.429. The van der Waals surface area contributed by atoms with Crippen LogP contribution >= 0.6 is 0 Å². The van der Waals surface area contributed by atoms with Crippen LogP contribution in [0.5, 0.6) is 5.75 Å². The molecule has 1 fully saturated rings. The second-order valence-electron chi connectivity index (χ2n) is 9.45. The van der Waals surface area contributed by atoms with Gasteiger partial charge in [0.1, 0.15) is 17.2 Å². The molecule has 0 atom stereocenters. The first-order chi connectivity index (χ1) is 16.4. The van der Waals surface area contributed by atoms with Crippen molar-refractivity contribution >= 4 is 22.8 Å². The van der Waals surface area contributed by atoms with E-state index in [1.807, 2.05) is 18.3 Å².